The van der Waals surface area contributed by atoms with Crippen molar-refractivity contribution in [2.45, 2.75) is 0 Å². The molecule has 0 bridgehead atoms. The molecule has 2 aromatic heterocycles. The van der Waals surface area contributed by atoms with E-state index in [1.807, 2.05) is 0 Å². The zero-order valence-corrected chi connectivity index (χ0v) is 21.8. The van der Waals surface area contributed by atoms with Crippen LogP contribution < -0.4 is 0 Å². The van der Waals surface area contributed by atoms with Gasteiger partial charge in [0.1, 0.15) is 0 Å². The second-order valence-corrected chi connectivity index (χ2v) is 10.6. The van der Waals surface area contributed by atoms with Crippen LogP contribution in [-0.4, -0.2) is 8.97 Å². The van der Waals surface area contributed by atoms with Crippen LogP contribution in [0.15, 0.2) is 146 Å². The molecule has 0 aliphatic rings. The van der Waals surface area contributed by atoms with Gasteiger partial charge >= 0.3 is 0 Å². The molecule has 0 amide bonds. The summed E-state index contributed by atoms with van der Waals surface area (Å²) in [5, 5.41) is 7.58. The van der Waals surface area contributed by atoms with Gasteiger partial charge in [0, 0.05) is 21.8 Å². The van der Waals surface area contributed by atoms with Crippen LogP contribution in [0.5, 0.6) is 0 Å². The fraction of sp³-hybridized carbons (Fsp3) is 0. The third-order valence-electron chi connectivity index (χ3n) is 8.45. The predicted molar refractivity (Wildman–Crippen MR) is 170 cm³/mol. The molecule has 0 aliphatic heterocycles. The number of benzene rings is 7. The number of fused-ring (bicyclic) bond motifs is 6. The van der Waals surface area contributed by atoms with Crippen molar-refractivity contribution in [3.63, 3.8) is 0 Å². The van der Waals surface area contributed by atoms with Crippen LogP contribution in [0.2, 0.25) is 0 Å². The van der Waals surface area contributed by atoms with E-state index in [-0.39, 0.29) is 0 Å². The van der Waals surface area contributed by atoms with Crippen LogP contribution in [0.3, 0.4) is 0 Å². The van der Waals surface area contributed by atoms with E-state index in [2.05, 4.69) is 155 Å². The van der Waals surface area contributed by atoms with Gasteiger partial charge in [0.25, 0.3) is 0 Å². The number of nitrogens with zero attached hydrogens (tertiary/aromatic N) is 2. The topological polar surface area (TPSA) is 9.34 Å². The summed E-state index contributed by atoms with van der Waals surface area (Å²) < 4.78 is 4.96. The van der Waals surface area contributed by atoms with Gasteiger partial charge in [-0.25, -0.2) is 0 Å². The Bertz CT molecular complexity index is 2410. The van der Waals surface area contributed by atoms with Crippen molar-refractivity contribution in [3.8, 4) is 16.8 Å². The van der Waals surface area contributed by atoms with Crippen molar-refractivity contribution in [2.24, 2.45) is 0 Å². The second kappa shape index (κ2) is 8.08. The van der Waals surface area contributed by atoms with Gasteiger partial charge in [-0.3, -0.25) is 0 Å². The molecule has 0 saturated heterocycles. The Morgan fingerprint density at radius 2 is 1.02 bits per heavy atom. The van der Waals surface area contributed by atoms with E-state index in [9.17, 15) is 0 Å². The summed E-state index contributed by atoms with van der Waals surface area (Å²) >= 11 is 0. The number of hydrogen-bond acceptors (Lipinski definition) is 0. The summed E-state index contributed by atoms with van der Waals surface area (Å²) in [5.74, 6) is 0. The largest absolute Gasteiger partial charge is 0.308 e. The first-order valence-electron chi connectivity index (χ1n) is 13.8. The number of para-hydroxylation sites is 1. The number of hydrogen-bond donors (Lipinski definition) is 0. The number of aromatic nitrogens is 2. The van der Waals surface area contributed by atoms with Crippen molar-refractivity contribution in [3.05, 3.63) is 146 Å². The van der Waals surface area contributed by atoms with Gasteiger partial charge < -0.3 is 8.97 Å². The zero-order chi connectivity index (χ0) is 26.2. The SMILES string of the molecule is c1ccc(-c2ccc(-n3c4cccc5ccc6c7ccccc7n(c7cc8ccccc8cc73)c6c54)cc2)cc1. The molecule has 186 valence electrons. The molecule has 40 heavy (non-hydrogen) atoms. The Balaban J connectivity index is 1.53. The Hall–Kier alpha value is -5.34. The third-order valence-corrected chi connectivity index (χ3v) is 8.45. The smallest absolute Gasteiger partial charge is 0.0709 e. The van der Waals surface area contributed by atoms with E-state index in [0.717, 1.165) is 5.69 Å². The second-order valence-electron chi connectivity index (χ2n) is 10.6. The molecule has 0 unspecified atom stereocenters. The highest BCUT2D eigenvalue weighted by Crippen LogP contribution is 2.40. The highest BCUT2D eigenvalue weighted by Gasteiger charge is 2.19. The summed E-state index contributed by atoms with van der Waals surface area (Å²) in [5.41, 5.74) is 9.68. The van der Waals surface area contributed by atoms with Crippen LogP contribution in [0.4, 0.5) is 0 Å². The summed E-state index contributed by atoms with van der Waals surface area (Å²) in [4.78, 5) is 0. The van der Waals surface area contributed by atoms with Crippen LogP contribution >= 0.6 is 0 Å². The Morgan fingerprint density at radius 1 is 0.375 bits per heavy atom. The first kappa shape index (κ1) is 21.6. The molecule has 0 spiro atoms. The lowest BCUT2D eigenvalue weighted by Gasteiger charge is -2.14. The van der Waals surface area contributed by atoms with Crippen molar-refractivity contribution >= 4 is 59.9 Å². The van der Waals surface area contributed by atoms with Gasteiger partial charge in [0.15, 0.2) is 0 Å². The Labute approximate surface area is 230 Å². The zero-order valence-electron chi connectivity index (χ0n) is 21.8. The molecule has 2 heterocycles. The summed E-state index contributed by atoms with van der Waals surface area (Å²) in [6.45, 7) is 0. The maximum atomic E-state index is 2.50. The molecule has 0 saturated carbocycles. The van der Waals surface area contributed by atoms with Crippen LogP contribution in [-0.2, 0) is 0 Å². The molecule has 0 fully saturated rings. The van der Waals surface area contributed by atoms with Crippen LogP contribution in [0.1, 0.15) is 0 Å². The summed E-state index contributed by atoms with van der Waals surface area (Å²) in [7, 11) is 0. The molecule has 0 N–H and O–H groups in total. The minimum absolute atomic E-state index is 1.15. The lowest BCUT2D eigenvalue weighted by molar-refractivity contribution is 1.17. The van der Waals surface area contributed by atoms with E-state index in [0.29, 0.717) is 0 Å². The first-order chi connectivity index (χ1) is 19.8. The summed E-state index contributed by atoms with van der Waals surface area (Å²) in [6.07, 6.45) is 0. The van der Waals surface area contributed by atoms with Gasteiger partial charge in [-0.2, -0.15) is 0 Å². The van der Waals surface area contributed by atoms with Crippen LogP contribution in [0, 0.1) is 0 Å². The highest BCUT2D eigenvalue weighted by atomic mass is 15.0. The fourth-order valence-electron chi connectivity index (χ4n) is 6.66. The molecule has 0 radical (unpaired) electrons. The molecule has 9 aromatic rings. The van der Waals surface area contributed by atoms with Crippen molar-refractivity contribution < 1.29 is 0 Å². The highest BCUT2D eigenvalue weighted by molar-refractivity contribution is 6.23. The minimum Gasteiger partial charge on any atom is -0.308 e. The maximum absolute atomic E-state index is 2.50. The summed E-state index contributed by atoms with van der Waals surface area (Å²) in [6, 6.07) is 53.1. The van der Waals surface area contributed by atoms with E-state index >= 15 is 0 Å². The quantitative estimate of drug-likeness (QED) is 0.220. The van der Waals surface area contributed by atoms with Gasteiger partial charge in [0.05, 0.1) is 27.6 Å². The Morgan fingerprint density at radius 3 is 1.85 bits per heavy atom. The lowest BCUT2D eigenvalue weighted by atomic mass is 10.0. The molecular weight excluding hydrogens is 484 g/mol. The normalized spacial score (nSPS) is 12.0. The third kappa shape index (κ3) is 2.93. The van der Waals surface area contributed by atoms with Crippen LogP contribution in [0.25, 0.3) is 76.7 Å². The van der Waals surface area contributed by atoms with E-state index in [1.54, 1.807) is 0 Å². The molecule has 2 nitrogen and oxygen atoms in total. The first-order valence-corrected chi connectivity index (χ1v) is 13.8. The molecule has 0 atom stereocenters. The molecular formula is C38H24N2. The predicted octanol–water partition coefficient (Wildman–Crippen LogP) is 10.2. The van der Waals surface area contributed by atoms with Gasteiger partial charge in [-0.15, -0.1) is 0 Å². The van der Waals surface area contributed by atoms with E-state index < -0.39 is 0 Å². The maximum Gasteiger partial charge on any atom is 0.0709 e. The average molecular weight is 509 g/mol. The molecule has 0 aliphatic carbocycles. The van der Waals surface area contributed by atoms with Gasteiger partial charge in [-0.1, -0.05) is 109 Å². The minimum atomic E-state index is 1.15. The molecule has 7 aromatic carbocycles. The average Bonchev–Trinajstić information content (AvgIpc) is 3.30. The fourth-order valence-corrected chi connectivity index (χ4v) is 6.66. The van der Waals surface area contributed by atoms with Crippen molar-refractivity contribution in [1.29, 1.82) is 0 Å². The van der Waals surface area contributed by atoms with Crippen molar-refractivity contribution in [2.75, 3.05) is 0 Å². The standard InChI is InChI=1S/C38H24N2/c1-2-9-25(10-3-1)26-17-20-30(21-18-26)39-34-16-8-13-27-19-22-32-31-14-6-7-15-33(31)40(38(32)37(27)34)36-24-29-12-5-4-11-28(29)23-35(36)39/h1-24H. The van der Waals surface area contributed by atoms with Gasteiger partial charge in [-0.05, 0) is 63.7 Å². The molecule has 9 rings (SSSR count). The lowest BCUT2D eigenvalue weighted by Crippen LogP contribution is -1.98. The Kier molecular flexibility index (Phi) is 4.36. The van der Waals surface area contributed by atoms with E-state index in [4.69, 9.17) is 0 Å². The number of rotatable bonds is 2. The monoisotopic (exact) mass is 508 g/mol. The van der Waals surface area contributed by atoms with Crippen molar-refractivity contribution in [1.82, 2.24) is 8.97 Å². The van der Waals surface area contributed by atoms with Gasteiger partial charge in [0.2, 0.25) is 0 Å². The van der Waals surface area contributed by atoms with E-state index in [1.165, 1.54) is 71.0 Å². The molecule has 2 heteroatoms.